The van der Waals surface area contributed by atoms with Crippen LogP contribution in [0.25, 0.3) is 0 Å². The number of hydrogen-bond acceptors (Lipinski definition) is 2. The summed E-state index contributed by atoms with van der Waals surface area (Å²) in [5.74, 6) is 4.24. The first-order valence-corrected chi connectivity index (χ1v) is 3.52. The highest BCUT2D eigenvalue weighted by molar-refractivity contribution is 6.33. The lowest BCUT2D eigenvalue weighted by molar-refractivity contribution is -0.325. The first kappa shape index (κ1) is 8.17. The molecule has 0 atom stereocenters. The van der Waals surface area contributed by atoms with Crippen LogP contribution < -0.4 is 16.0 Å². The number of quaternary nitrogens is 1. The molecule has 11 heavy (non-hydrogen) atoms. The number of methoxy groups -OCH3 is 1. The zero-order chi connectivity index (χ0) is 8.27. The standard InChI is InChI=1S/C7H9ClN2O/c1-11-5-2-3-7(10-9)6(8)4-5/h2-4,10H,9H2,1H3/p+1. The molecule has 0 aliphatic carbocycles. The summed E-state index contributed by atoms with van der Waals surface area (Å²) in [5.41, 5.74) is 3.51. The number of rotatable bonds is 2. The molecular formula is C7H10ClN2O+. The predicted octanol–water partition coefficient (Wildman–Crippen LogP) is 0.917. The lowest BCUT2D eigenvalue weighted by atomic mass is 10.3. The van der Waals surface area contributed by atoms with Gasteiger partial charge in [-0.15, -0.1) is 0 Å². The quantitative estimate of drug-likeness (QED) is 0.654. The molecule has 1 aromatic carbocycles. The van der Waals surface area contributed by atoms with Gasteiger partial charge < -0.3 is 4.74 Å². The number of hydrogen-bond donors (Lipinski definition) is 2. The maximum atomic E-state index is 5.83. The maximum Gasteiger partial charge on any atom is 0.120 e. The molecule has 0 spiro atoms. The summed E-state index contributed by atoms with van der Waals surface area (Å²) in [6.07, 6.45) is 0. The zero-order valence-electron chi connectivity index (χ0n) is 6.23. The van der Waals surface area contributed by atoms with E-state index in [2.05, 4.69) is 11.3 Å². The maximum absolute atomic E-state index is 5.83. The van der Waals surface area contributed by atoms with Crippen molar-refractivity contribution in [3.63, 3.8) is 0 Å². The van der Waals surface area contributed by atoms with Crippen molar-refractivity contribution in [2.45, 2.75) is 0 Å². The molecule has 0 aliphatic rings. The monoisotopic (exact) mass is 173 g/mol. The van der Waals surface area contributed by atoms with Gasteiger partial charge >= 0.3 is 0 Å². The van der Waals surface area contributed by atoms with E-state index in [4.69, 9.17) is 16.3 Å². The summed E-state index contributed by atoms with van der Waals surface area (Å²) in [5, 5.41) is 0.611. The van der Waals surface area contributed by atoms with E-state index in [1.807, 2.05) is 12.1 Å². The zero-order valence-corrected chi connectivity index (χ0v) is 6.98. The molecule has 60 valence electrons. The molecule has 0 unspecified atom stereocenters. The van der Waals surface area contributed by atoms with Gasteiger partial charge in [-0.25, -0.2) is 5.43 Å². The van der Waals surface area contributed by atoms with Gasteiger partial charge in [-0.3, -0.25) is 5.84 Å². The Morgan fingerprint density at radius 3 is 2.73 bits per heavy atom. The summed E-state index contributed by atoms with van der Waals surface area (Å²) in [7, 11) is 1.60. The Bertz CT molecular complexity index is 252. The molecule has 0 amide bonds. The highest BCUT2D eigenvalue weighted by atomic mass is 35.5. The topological polar surface area (TPSA) is 48.9 Å². The minimum atomic E-state index is 0.611. The van der Waals surface area contributed by atoms with E-state index < -0.39 is 0 Å². The van der Waals surface area contributed by atoms with Crippen LogP contribution in [0.2, 0.25) is 5.02 Å². The van der Waals surface area contributed by atoms with Gasteiger partial charge in [0, 0.05) is 6.07 Å². The van der Waals surface area contributed by atoms with Gasteiger partial charge in [0.25, 0.3) is 0 Å². The lowest BCUT2D eigenvalue weighted by Gasteiger charge is -2.02. The second-order valence-electron chi connectivity index (χ2n) is 2.02. The Kier molecular flexibility index (Phi) is 2.57. The predicted molar refractivity (Wildman–Crippen MR) is 44.5 cm³/mol. The highest BCUT2D eigenvalue weighted by Gasteiger charge is 1.99. The lowest BCUT2D eigenvalue weighted by Crippen LogP contribution is -2.56. The van der Waals surface area contributed by atoms with Crippen LogP contribution in [0.4, 0.5) is 5.69 Å². The average Bonchev–Trinajstić information content (AvgIpc) is 2.04. The van der Waals surface area contributed by atoms with Crippen molar-refractivity contribution in [1.82, 2.24) is 0 Å². The fourth-order valence-corrected chi connectivity index (χ4v) is 1.00. The first-order chi connectivity index (χ1) is 5.27. The van der Waals surface area contributed by atoms with Crippen molar-refractivity contribution in [1.29, 1.82) is 0 Å². The largest absolute Gasteiger partial charge is 0.497 e. The molecule has 4 heteroatoms. The summed E-state index contributed by atoms with van der Waals surface area (Å²) in [4.78, 5) is 0. The third kappa shape index (κ3) is 1.76. The molecule has 1 aromatic rings. The van der Waals surface area contributed by atoms with Crippen LogP contribution in [0.5, 0.6) is 5.75 Å². The van der Waals surface area contributed by atoms with Crippen molar-refractivity contribution < 1.29 is 10.6 Å². The highest BCUT2D eigenvalue weighted by Crippen LogP contribution is 2.25. The van der Waals surface area contributed by atoms with Crippen LogP contribution in [-0.2, 0) is 0 Å². The SMILES string of the molecule is COc1ccc(N[NH3+])c(Cl)c1. The Hall–Kier alpha value is -0.930. The van der Waals surface area contributed by atoms with E-state index in [0.29, 0.717) is 5.02 Å². The van der Waals surface area contributed by atoms with Gasteiger partial charge in [-0.2, -0.15) is 0 Å². The second kappa shape index (κ2) is 3.46. The van der Waals surface area contributed by atoms with Crippen LogP contribution in [0, 0.1) is 0 Å². The van der Waals surface area contributed by atoms with Crippen LogP contribution >= 0.6 is 11.6 Å². The molecule has 0 saturated heterocycles. The van der Waals surface area contributed by atoms with Gasteiger partial charge in [0.1, 0.15) is 11.4 Å². The number of ether oxygens (including phenoxy) is 1. The third-order valence-corrected chi connectivity index (χ3v) is 1.68. The minimum absolute atomic E-state index is 0.611. The molecule has 3 nitrogen and oxygen atoms in total. The minimum Gasteiger partial charge on any atom is -0.497 e. The van der Waals surface area contributed by atoms with E-state index in [1.54, 1.807) is 13.2 Å². The second-order valence-corrected chi connectivity index (χ2v) is 2.43. The Balaban J connectivity index is 2.99. The third-order valence-electron chi connectivity index (χ3n) is 1.37. The molecular weight excluding hydrogens is 164 g/mol. The van der Waals surface area contributed by atoms with E-state index in [-0.39, 0.29) is 0 Å². The Morgan fingerprint density at radius 2 is 2.27 bits per heavy atom. The van der Waals surface area contributed by atoms with Crippen LogP contribution in [0.3, 0.4) is 0 Å². The van der Waals surface area contributed by atoms with Crippen molar-refractivity contribution >= 4 is 17.3 Å². The van der Waals surface area contributed by atoms with E-state index >= 15 is 0 Å². The molecule has 1 rings (SSSR count). The van der Waals surface area contributed by atoms with Gasteiger partial charge in [-0.05, 0) is 12.1 Å². The van der Waals surface area contributed by atoms with Crippen LogP contribution in [0.15, 0.2) is 18.2 Å². The Morgan fingerprint density at radius 1 is 1.55 bits per heavy atom. The fraction of sp³-hybridized carbons (Fsp3) is 0.143. The normalized spacial score (nSPS) is 9.36. The Labute approximate surface area is 70.1 Å². The van der Waals surface area contributed by atoms with Gasteiger partial charge in [0.05, 0.1) is 12.1 Å². The molecule has 0 radical (unpaired) electrons. The number of benzene rings is 1. The fourth-order valence-electron chi connectivity index (χ4n) is 0.766. The van der Waals surface area contributed by atoms with Crippen molar-refractivity contribution in [3.8, 4) is 5.75 Å². The van der Waals surface area contributed by atoms with Crippen molar-refractivity contribution in [2.24, 2.45) is 0 Å². The number of nitrogens with one attached hydrogen (secondary N) is 1. The summed E-state index contributed by atoms with van der Waals surface area (Å²) < 4.78 is 4.96. The molecule has 0 fully saturated rings. The summed E-state index contributed by atoms with van der Waals surface area (Å²) >= 11 is 5.83. The van der Waals surface area contributed by atoms with Crippen molar-refractivity contribution in [2.75, 3.05) is 12.5 Å². The molecule has 0 heterocycles. The van der Waals surface area contributed by atoms with Crippen LogP contribution in [-0.4, -0.2) is 7.11 Å². The molecule has 4 N–H and O–H groups in total. The molecule has 0 aromatic heterocycles. The van der Waals surface area contributed by atoms with Gasteiger partial charge in [0.15, 0.2) is 0 Å². The van der Waals surface area contributed by atoms with Crippen molar-refractivity contribution in [3.05, 3.63) is 23.2 Å². The van der Waals surface area contributed by atoms with E-state index in [9.17, 15) is 0 Å². The summed E-state index contributed by atoms with van der Waals surface area (Å²) in [6.45, 7) is 0. The summed E-state index contributed by atoms with van der Waals surface area (Å²) in [6, 6.07) is 5.36. The van der Waals surface area contributed by atoms with Crippen LogP contribution in [0.1, 0.15) is 0 Å². The first-order valence-electron chi connectivity index (χ1n) is 3.14. The average molecular weight is 174 g/mol. The van der Waals surface area contributed by atoms with E-state index in [0.717, 1.165) is 11.4 Å². The molecule has 0 bridgehead atoms. The van der Waals surface area contributed by atoms with Gasteiger partial charge in [-0.1, -0.05) is 11.6 Å². The van der Waals surface area contributed by atoms with E-state index in [1.165, 1.54) is 0 Å². The van der Waals surface area contributed by atoms with Gasteiger partial charge in [0.2, 0.25) is 0 Å². The number of anilines is 1. The number of halogens is 1. The molecule has 0 saturated carbocycles. The smallest absolute Gasteiger partial charge is 0.120 e. The molecule has 0 aliphatic heterocycles.